The summed E-state index contributed by atoms with van der Waals surface area (Å²) in [6.07, 6.45) is 13.1. The molecule has 2 atom stereocenters. The number of carbonyl (C=O) groups excluding carboxylic acids is 1. The van der Waals surface area contributed by atoms with Crippen molar-refractivity contribution in [3.63, 3.8) is 0 Å². The molecular weight excluding hydrogens is 336 g/mol. The second kappa shape index (κ2) is 8.92. The van der Waals surface area contributed by atoms with Crippen molar-refractivity contribution in [3.8, 4) is 5.75 Å². The maximum atomic E-state index is 13.0. The minimum Gasteiger partial charge on any atom is -0.493 e. The third kappa shape index (κ3) is 4.73. The van der Waals surface area contributed by atoms with Crippen LogP contribution in [0.5, 0.6) is 5.75 Å². The van der Waals surface area contributed by atoms with Gasteiger partial charge < -0.3 is 14.5 Å². The van der Waals surface area contributed by atoms with Crippen LogP contribution in [0.25, 0.3) is 0 Å². The minimum absolute atomic E-state index is 0.179. The van der Waals surface area contributed by atoms with Gasteiger partial charge in [-0.2, -0.15) is 0 Å². The molecule has 4 rings (SSSR count). The topological polar surface area (TPSA) is 32.8 Å². The molecule has 0 N–H and O–H groups in total. The number of ether oxygens (including phenoxy) is 1. The molecule has 2 fully saturated rings. The quantitative estimate of drug-likeness (QED) is 0.708. The smallest absolute Gasteiger partial charge is 0.254 e. The van der Waals surface area contributed by atoms with Gasteiger partial charge in [0.25, 0.3) is 5.91 Å². The molecular formula is C23H32N2O2. The number of amides is 1. The van der Waals surface area contributed by atoms with Gasteiger partial charge in [0, 0.05) is 30.6 Å². The predicted molar refractivity (Wildman–Crippen MR) is 108 cm³/mol. The highest BCUT2D eigenvalue weighted by Gasteiger charge is 2.31. The molecule has 1 aromatic carbocycles. The molecule has 1 aliphatic carbocycles. The molecule has 2 heterocycles. The standard InChI is InChI=1S/C23H32N2O2/c26-23(25-16-6-9-21(25)17-24-14-4-5-15-24)20-10-12-22(13-11-20)27-18-19-7-2-1-3-8-19/h2,7,10-13,19,21H,1,3-6,8-9,14-18H2. The largest absolute Gasteiger partial charge is 0.493 e. The van der Waals surface area contributed by atoms with E-state index in [1.54, 1.807) is 0 Å². The summed E-state index contributed by atoms with van der Waals surface area (Å²) >= 11 is 0. The van der Waals surface area contributed by atoms with Crippen molar-refractivity contribution < 1.29 is 9.53 Å². The van der Waals surface area contributed by atoms with E-state index in [0.29, 0.717) is 12.0 Å². The van der Waals surface area contributed by atoms with Gasteiger partial charge in [0.05, 0.1) is 6.61 Å². The number of likely N-dealkylation sites (tertiary alicyclic amines) is 2. The van der Waals surface area contributed by atoms with E-state index in [9.17, 15) is 4.79 Å². The molecule has 146 valence electrons. The average molecular weight is 369 g/mol. The normalized spacial score (nSPS) is 25.9. The van der Waals surface area contributed by atoms with Crippen LogP contribution >= 0.6 is 0 Å². The Morgan fingerprint density at radius 1 is 1.00 bits per heavy atom. The maximum absolute atomic E-state index is 13.0. The Morgan fingerprint density at radius 2 is 1.81 bits per heavy atom. The molecule has 1 amide bonds. The van der Waals surface area contributed by atoms with Gasteiger partial charge in [0.1, 0.15) is 5.75 Å². The summed E-state index contributed by atoms with van der Waals surface area (Å²) in [5.74, 6) is 1.56. The Balaban J connectivity index is 1.32. The van der Waals surface area contributed by atoms with Crippen LogP contribution in [0.15, 0.2) is 36.4 Å². The second-order valence-electron chi connectivity index (χ2n) is 8.26. The van der Waals surface area contributed by atoms with Crippen LogP contribution in [0, 0.1) is 5.92 Å². The molecule has 4 nitrogen and oxygen atoms in total. The van der Waals surface area contributed by atoms with Crippen molar-refractivity contribution in [2.75, 3.05) is 32.8 Å². The molecule has 3 aliphatic rings. The van der Waals surface area contributed by atoms with Gasteiger partial charge in [0.15, 0.2) is 0 Å². The lowest BCUT2D eigenvalue weighted by Crippen LogP contribution is -2.42. The fourth-order valence-corrected chi connectivity index (χ4v) is 4.64. The maximum Gasteiger partial charge on any atom is 0.254 e. The molecule has 2 saturated heterocycles. The van der Waals surface area contributed by atoms with Crippen LogP contribution in [-0.4, -0.2) is 54.5 Å². The summed E-state index contributed by atoms with van der Waals surface area (Å²) in [5.41, 5.74) is 0.785. The summed E-state index contributed by atoms with van der Waals surface area (Å²) < 4.78 is 5.93. The van der Waals surface area contributed by atoms with E-state index in [1.807, 2.05) is 24.3 Å². The van der Waals surface area contributed by atoms with Crippen LogP contribution in [0.1, 0.15) is 55.3 Å². The molecule has 2 aliphatic heterocycles. The van der Waals surface area contributed by atoms with E-state index in [2.05, 4.69) is 22.0 Å². The SMILES string of the molecule is O=C(c1ccc(OCC2C=CCCC2)cc1)N1CCCC1CN1CCCC1. The first kappa shape index (κ1) is 18.5. The summed E-state index contributed by atoms with van der Waals surface area (Å²) in [5, 5.41) is 0. The van der Waals surface area contributed by atoms with E-state index in [1.165, 1.54) is 45.2 Å². The lowest BCUT2D eigenvalue weighted by Gasteiger charge is -2.28. The van der Waals surface area contributed by atoms with Crippen molar-refractivity contribution in [3.05, 3.63) is 42.0 Å². The number of hydrogen-bond acceptors (Lipinski definition) is 3. The molecule has 4 heteroatoms. The Bertz CT molecular complexity index is 649. The van der Waals surface area contributed by atoms with E-state index in [0.717, 1.165) is 43.9 Å². The molecule has 0 aromatic heterocycles. The molecule has 0 saturated carbocycles. The van der Waals surface area contributed by atoms with Crippen LogP contribution in [0.3, 0.4) is 0 Å². The number of benzene rings is 1. The predicted octanol–water partition coefficient (Wildman–Crippen LogP) is 4.12. The Labute approximate surface area is 163 Å². The number of allylic oxidation sites excluding steroid dienone is 1. The van der Waals surface area contributed by atoms with E-state index in [4.69, 9.17) is 4.74 Å². The Kier molecular flexibility index (Phi) is 6.13. The first-order chi connectivity index (χ1) is 13.3. The van der Waals surface area contributed by atoms with Gasteiger partial charge in [0.2, 0.25) is 0 Å². The first-order valence-electron chi connectivity index (χ1n) is 10.7. The second-order valence-corrected chi connectivity index (χ2v) is 8.26. The van der Waals surface area contributed by atoms with Gasteiger partial charge in [-0.15, -0.1) is 0 Å². The summed E-state index contributed by atoms with van der Waals surface area (Å²) in [6.45, 7) is 5.06. The number of rotatable bonds is 6. The highest BCUT2D eigenvalue weighted by atomic mass is 16.5. The molecule has 0 radical (unpaired) electrons. The van der Waals surface area contributed by atoms with Gasteiger partial charge in [-0.3, -0.25) is 4.79 Å². The third-order valence-corrected chi connectivity index (χ3v) is 6.22. The van der Waals surface area contributed by atoms with Crippen molar-refractivity contribution in [2.24, 2.45) is 5.92 Å². The van der Waals surface area contributed by atoms with Crippen molar-refractivity contribution in [1.82, 2.24) is 9.80 Å². The number of hydrogen-bond donors (Lipinski definition) is 0. The van der Waals surface area contributed by atoms with Crippen LogP contribution in [0.2, 0.25) is 0 Å². The molecule has 2 unspecified atom stereocenters. The van der Waals surface area contributed by atoms with Gasteiger partial charge in [-0.25, -0.2) is 0 Å². The molecule has 27 heavy (non-hydrogen) atoms. The fraction of sp³-hybridized carbons (Fsp3) is 0.609. The molecule has 1 aromatic rings. The van der Waals surface area contributed by atoms with E-state index in [-0.39, 0.29) is 5.91 Å². The summed E-state index contributed by atoms with van der Waals surface area (Å²) in [7, 11) is 0. The minimum atomic E-state index is 0.179. The van der Waals surface area contributed by atoms with Crippen molar-refractivity contribution in [2.45, 2.75) is 51.0 Å². The number of carbonyl (C=O) groups is 1. The Hall–Kier alpha value is -1.81. The molecule has 0 bridgehead atoms. The zero-order chi connectivity index (χ0) is 18.5. The third-order valence-electron chi connectivity index (χ3n) is 6.22. The van der Waals surface area contributed by atoms with Crippen molar-refractivity contribution in [1.29, 1.82) is 0 Å². The monoisotopic (exact) mass is 368 g/mol. The van der Waals surface area contributed by atoms with Gasteiger partial charge in [-0.05, 0) is 82.3 Å². The van der Waals surface area contributed by atoms with Crippen LogP contribution in [-0.2, 0) is 0 Å². The molecule has 0 spiro atoms. The van der Waals surface area contributed by atoms with E-state index >= 15 is 0 Å². The lowest BCUT2D eigenvalue weighted by atomic mass is 9.97. The van der Waals surface area contributed by atoms with E-state index < -0.39 is 0 Å². The van der Waals surface area contributed by atoms with Crippen molar-refractivity contribution >= 4 is 5.91 Å². The number of nitrogens with zero attached hydrogens (tertiary/aromatic N) is 2. The zero-order valence-corrected chi connectivity index (χ0v) is 16.3. The highest BCUT2D eigenvalue weighted by Crippen LogP contribution is 2.24. The van der Waals surface area contributed by atoms with Gasteiger partial charge in [-0.1, -0.05) is 12.2 Å². The first-order valence-corrected chi connectivity index (χ1v) is 10.7. The van der Waals surface area contributed by atoms with Gasteiger partial charge >= 0.3 is 0 Å². The van der Waals surface area contributed by atoms with Crippen LogP contribution < -0.4 is 4.74 Å². The Morgan fingerprint density at radius 3 is 2.56 bits per heavy atom. The summed E-state index contributed by atoms with van der Waals surface area (Å²) in [4.78, 5) is 17.6. The highest BCUT2D eigenvalue weighted by molar-refractivity contribution is 5.94. The summed E-state index contributed by atoms with van der Waals surface area (Å²) in [6, 6.07) is 8.14. The zero-order valence-electron chi connectivity index (χ0n) is 16.3. The average Bonchev–Trinajstić information content (AvgIpc) is 3.40. The lowest BCUT2D eigenvalue weighted by molar-refractivity contribution is 0.0708. The van der Waals surface area contributed by atoms with Crippen LogP contribution in [0.4, 0.5) is 0 Å². The fourth-order valence-electron chi connectivity index (χ4n) is 4.64.